The molecule has 4 aromatic rings. The lowest BCUT2D eigenvalue weighted by Gasteiger charge is -2.01. The maximum Gasteiger partial charge on any atom is 0.322 e. The second-order valence-corrected chi connectivity index (χ2v) is 7.59. The predicted molar refractivity (Wildman–Crippen MR) is 106 cm³/mol. The van der Waals surface area contributed by atoms with Crippen molar-refractivity contribution in [1.82, 2.24) is 10.2 Å². The lowest BCUT2D eigenvalue weighted by molar-refractivity contribution is 0.102. The minimum atomic E-state index is -0.371. The van der Waals surface area contributed by atoms with Crippen molar-refractivity contribution in [3.8, 4) is 11.5 Å². The Kier molecular flexibility index (Phi) is 4.67. The van der Waals surface area contributed by atoms with Crippen molar-refractivity contribution in [2.75, 3.05) is 11.6 Å². The molecule has 1 amide bonds. The van der Waals surface area contributed by atoms with Crippen LogP contribution in [0, 0.1) is 0 Å². The minimum absolute atomic E-state index is 0.0365. The largest absolute Gasteiger partial charge is 0.403 e. The molecular weight excluding hydrogens is 390 g/mol. The van der Waals surface area contributed by atoms with Gasteiger partial charge < -0.3 is 4.42 Å². The van der Waals surface area contributed by atoms with E-state index in [0.717, 1.165) is 20.5 Å². The van der Waals surface area contributed by atoms with E-state index in [0.29, 0.717) is 15.8 Å². The fourth-order valence-corrected chi connectivity index (χ4v) is 4.52. The number of aromatic nitrogens is 2. The van der Waals surface area contributed by atoms with Crippen LogP contribution in [0.5, 0.6) is 0 Å². The molecule has 0 saturated heterocycles. The van der Waals surface area contributed by atoms with E-state index in [1.54, 1.807) is 11.8 Å². The van der Waals surface area contributed by atoms with Gasteiger partial charge in [-0.1, -0.05) is 47.0 Å². The number of carbonyl (C=O) groups is 1. The van der Waals surface area contributed by atoms with Crippen LogP contribution in [0.2, 0.25) is 5.02 Å². The number of nitrogens with one attached hydrogen (secondary N) is 1. The molecule has 0 aliphatic rings. The highest BCUT2D eigenvalue weighted by Gasteiger charge is 2.20. The maximum absolute atomic E-state index is 12.6. The van der Waals surface area contributed by atoms with Gasteiger partial charge in [0.25, 0.3) is 11.8 Å². The number of anilines is 1. The van der Waals surface area contributed by atoms with Crippen LogP contribution in [0.1, 0.15) is 9.67 Å². The van der Waals surface area contributed by atoms with Crippen LogP contribution in [0.15, 0.2) is 57.8 Å². The van der Waals surface area contributed by atoms with Gasteiger partial charge in [0.05, 0.1) is 10.6 Å². The molecule has 26 heavy (non-hydrogen) atoms. The Bertz CT molecular complexity index is 1110. The SMILES string of the molecule is CSc1ccccc1-c1nnc(NC(=O)c2sc3ccccc3c2Cl)o1. The summed E-state index contributed by atoms with van der Waals surface area (Å²) in [5.74, 6) is -0.0164. The smallest absolute Gasteiger partial charge is 0.322 e. The number of amides is 1. The molecule has 0 unspecified atom stereocenters. The number of thiophene rings is 1. The summed E-state index contributed by atoms with van der Waals surface area (Å²) in [6, 6.07) is 15.3. The zero-order valence-electron chi connectivity index (χ0n) is 13.5. The number of carbonyl (C=O) groups excluding carboxylic acids is 1. The van der Waals surface area contributed by atoms with E-state index in [4.69, 9.17) is 16.0 Å². The first-order valence-electron chi connectivity index (χ1n) is 7.62. The third-order valence-corrected chi connectivity index (χ3v) is 6.19. The summed E-state index contributed by atoms with van der Waals surface area (Å²) < 4.78 is 6.56. The molecule has 0 fully saturated rings. The molecule has 0 bridgehead atoms. The molecule has 2 heterocycles. The number of nitrogens with zero attached hydrogens (tertiary/aromatic N) is 2. The number of halogens is 1. The molecule has 0 spiro atoms. The summed E-state index contributed by atoms with van der Waals surface area (Å²) in [6.07, 6.45) is 1.97. The highest BCUT2D eigenvalue weighted by molar-refractivity contribution is 7.98. The van der Waals surface area contributed by atoms with Gasteiger partial charge >= 0.3 is 6.01 Å². The summed E-state index contributed by atoms with van der Waals surface area (Å²) in [6.45, 7) is 0. The van der Waals surface area contributed by atoms with Gasteiger partial charge in [-0.15, -0.1) is 28.2 Å². The van der Waals surface area contributed by atoms with E-state index in [1.807, 2.05) is 54.8 Å². The predicted octanol–water partition coefficient (Wildman–Crippen LogP) is 5.58. The third kappa shape index (κ3) is 3.09. The van der Waals surface area contributed by atoms with Crippen molar-refractivity contribution in [3.63, 3.8) is 0 Å². The number of hydrogen-bond acceptors (Lipinski definition) is 6. The van der Waals surface area contributed by atoms with Gasteiger partial charge in [-0.25, -0.2) is 0 Å². The van der Waals surface area contributed by atoms with E-state index in [1.165, 1.54) is 11.3 Å². The average molecular weight is 402 g/mol. The van der Waals surface area contributed by atoms with E-state index in [-0.39, 0.29) is 11.9 Å². The number of benzene rings is 2. The Morgan fingerprint density at radius 1 is 1.15 bits per heavy atom. The molecule has 0 saturated carbocycles. The molecule has 0 atom stereocenters. The zero-order valence-corrected chi connectivity index (χ0v) is 15.9. The summed E-state index contributed by atoms with van der Waals surface area (Å²) in [4.78, 5) is 14.0. The Morgan fingerprint density at radius 3 is 2.73 bits per heavy atom. The van der Waals surface area contributed by atoms with Crippen LogP contribution in [0.25, 0.3) is 21.5 Å². The normalized spacial score (nSPS) is 11.0. The summed E-state index contributed by atoms with van der Waals surface area (Å²) >= 11 is 9.25. The quantitative estimate of drug-likeness (QED) is 0.452. The first-order chi connectivity index (χ1) is 12.7. The molecule has 2 aromatic heterocycles. The molecule has 0 aliphatic carbocycles. The van der Waals surface area contributed by atoms with E-state index in [2.05, 4.69) is 15.5 Å². The number of rotatable bonds is 4. The van der Waals surface area contributed by atoms with Crippen LogP contribution in [-0.4, -0.2) is 22.4 Å². The van der Waals surface area contributed by atoms with Crippen molar-refractivity contribution in [2.24, 2.45) is 0 Å². The molecule has 1 N–H and O–H groups in total. The van der Waals surface area contributed by atoms with Gasteiger partial charge in [0.1, 0.15) is 4.88 Å². The molecule has 8 heteroatoms. The number of thioether (sulfide) groups is 1. The van der Waals surface area contributed by atoms with Crippen molar-refractivity contribution < 1.29 is 9.21 Å². The van der Waals surface area contributed by atoms with Crippen molar-refractivity contribution in [2.45, 2.75) is 4.90 Å². The third-order valence-electron chi connectivity index (χ3n) is 3.72. The zero-order chi connectivity index (χ0) is 18.1. The summed E-state index contributed by atoms with van der Waals surface area (Å²) in [5.41, 5.74) is 0.827. The van der Waals surface area contributed by atoms with Crippen LogP contribution < -0.4 is 5.32 Å². The summed E-state index contributed by atoms with van der Waals surface area (Å²) in [5, 5.41) is 11.9. The molecule has 5 nitrogen and oxygen atoms in total. The Labute approximate surface area is 162 Å². The monoisotopic (exact) mass is 401 g/mol. The first-order valence-corrected chi connectivity index (χ1v) is 10.0. The lowest BCUT2D eigenvalue weighted by Crippen LogP contribution is -2.10. The topological polar surface area (TPSA) is 68.0 Å². The maximum atomic E-state index is 12.6. The lowest BCUT2D eigenvalue weighted by atomic mass is 10.2. The van der Waals surface area contributed by atoms with E-state index in [9.17, 15) is 4.79 Å². The molecule has 4 rings (SSSR count). The highest BCUT2D eigenvalue weighted by atomic mass is 35.5. The van der Waals surface area contributed by atoms with Crippen LogP contribution >= 0.6 is 34.7 Å². The number of fused-ring (bicyclic) bond motifs is 1. The van der Waals surface area contributed by atoms with Gasteiger partial charge in [0.2, 0.25) is 0 Å². The second kappa shape index (κ2) is 7.11. The number of hydrogen-bond donors (Lipinski definition) is 1. The summed E-state index contributed by atoms with van der Waals surface area (Å²) in [7, 11) is 0. The van der Waals surface area contributed by atoms with Crippen LogP contribution in [0.3, 0.4) is 0 Å². The average Bonchev–Trinajstić information content (AvgIpc) is 3.27. The fourth-order valence-electron chi connectivity index (χ4n) is 2.52. The van der Waals surface area contributed by atoms with Gasteiger partial charge in [-0.05, 0) is 24.5 Å². The molecule has 0 radical (unpaired) electrons. The van der Waals surface area contributed by atoms with Crippen LogP contribution in [-0.2, 0) is 0 Å². The van der Waals surface area contributed by atoms with Crippen molar-refractivity contribution >= 4 is 56.7 Å². The van der Waals surface area contributed by atoms with Gasteiger partial charge in [0, 0.05) is 15.0 Å². The Balaban J connectivity index is 1.61. The van der Waals surface area contributed by atoms with E-state index >= 15 is 0 Å². The molecule has 2 aromatic carbocycles. The Morgan fingerprint density at radius 2 is 1.92 bits per heavy atom. The van der Waals surface area contributed by atoms with Gasteiger partial charge in [0.15, 0.2) is 0 Å². The second-order valence-electron chi connectivity index (χ2n) is 5.31. The fraction of sp³-hybridized carbons (Fsp3) is 0.0556. The van der Waals surface area contributed by atoms with Crippen molar-refractivity contribution in [1.29, 1.82) is 0 Å². The first kappa shape index (κ1) is 17.1. The van der Waals surface area contributed by atoms with Crippen LogP contribution in [0.4, 0.5) is 6.01 Å². The standard InChI is InChI=1S/C18H12ClN3O2S2/c1-25-12-8-4-3-7-11(12)17-21-22-18(24-17)20-16(23)15-14(19)10-6-2-5-9-13(10)26-15/h2-9H,1H3,(H,20,22,23). The Hall–Kier alpha value is -2.35. The molecule has 130 valence electrons. The van der Waals surface area contributed by atoms with E-state index < -0.39 is 0 Å². The molecule has 0 aliphatic heterocycles. The van der Waals surface area contributed by atoms with Crippen molar-refractivity contribution in [3.05, 3.63) is 58.4 Å². The van der Waals surface area contributed by atoms with Gasteiger partial charge in [-0.3, -0.25) is 10.1 Å². The minimum Gasteiger partial charge on any atom is -0.403 e. The molecular formula is C18H12ClN3O2S2. The highest BCUT2D eigenvalue weighted by Crippen LogP contribution is 2.36. The van der Waals surface area contributed by atoms with Gasteiger partial charge in [-0.2, -0.15) is 0 Å².